The third kappa shape index (κ3) is 3.82. The molecule has 0 spiro atoms. The van der Waals surface area contributed by atoms with Crippen LogP contribution in [0.5, 0.6) is 11.5 Å². The molecule has 3 aromatic carbocycles. The lowest BCUT2D eigenvalue weighted by Gasteiger charge is -2.11. The number of methoxy groups -OCH3 is 1. The van der Waals surface area contributed by atoms with Gasteiger partial charge in [-0.1, -0.05) is 35.9 Å². The van der Waals surface area contributed by atoms with E-state index in [0.29, 0.717) is 11.6 Å². The number of aryl methyl sites for hydroxylation is 1. The number of halogens is 1. The summed E-state index contributed by atoms with van der Waals surface area (Å²) in [5.41, 5.74) is 3.16. The maximum absolute atomic E-state index is 6.16. The molecule has 0 fully saturated rings. The summed E-state index contributed by atoms with van der Waals surface area (Å²) in [6.07, 6.45) is 0.842. The smallest absolute Gasteiger partial charge is 0.141 e. The molecule has 0 aliphatic carbocycles. The average molecular weight is 393 g/mol. The van der Waals surface area contributed by atoms with Gasteiger partial charge in [-0.05, 0) is 55.0 Å². The fourth-order valence-corrected chi connectivity index (χ4v) is 3.42. The minimum Gasteiger partial charge on any atom is -0.497 e. The van der Waals surface area contributed by atoms with Crippen LogP contribution in [0.3, 0.4) is 0 Å². The van der Waals surface area contributed by atoms with Gasteiger partial charge in [0.25, 0.3) is 0 Å². The molecule has 0 atom stereocenters. The van der Waals surface area contributed by atoms with Crippen molar-refractivity contribution >= 4 is 22.6 Å². The number of benzene rings is 3. The number of para-hydroxylation sites is 3. The first kappa shape index (κ1) is 18.4. The highest BCUT2D eigenvalue weighted by atomic mass is 35.5. The Morgan fingerprint density at radius 1 is 0.929 bits per heavy atom. The minimum absolute atomic E-state index is 0.582. The molecule has 4 rings (SSSR count). The largest absolute Gasteiger partial charge is 0.497 e. The Morgan fingerprint density at radius 2 is 1.68 bits per heavy atom. The highest BCUT2D eigenvalue weighted by Gasteiger charge is 2.12. The molecule has 4 nitrogen and oxygen atoms in total. The van der Waals surface area contributed by atoms with Crippen LogP contribution in [-0.4, -0.2) is 23.3 Å². The van der Waals surface area contributed by atoms with E-state index in [1.807, 2.05) is 66.7 Å². The summed E-state index contributed by atoms with van der Waals surface area (Å²) in [7, 11) is 1.67. The van der Waals surface area contributed by atoms with Crippen LogP contribution in [0.4, 0.5) is 0 Å². The standard InChI is InChI=1S/C23H21ClN2O2/c1-27-18-13-11-17(12-14-18)23-25-20-8-3-4-9-21(20)26(23)15-6-16-28-22-10-5-2-7-19(22)24/h2-5,7-14H,6,15-16H2,1H3. The lowest BCUT2D eigenvalue weighted by molar-refractivity contribution is 0.303. The molecule has 0 unspecified atom stereocenters. The van der Waals surface area contributed by atoms with Gasteiger partial charge in [-0.3, -0.25) is 0 Å². The van der Waals surface area contributed by atoms with Crippen LogP contribution in [0, 0.1) is 0 Å². The van der Waals surface area contributed by atoms with Crippen molar-refractivity contribution in [1.29, 1.82) is 0 Å². The summed E-state index contributed by atoms with van der Waals surface area (Å²) in [6, 6.07) is 23.7. The summed E-state index contributed by atoms with van der Waals surface area (Å²) in [6.45, 7) is 1.38. The first-order valence-electron chi connectivity index (χ1n) is 9.23. The van der Waals surface area contributed by atoms with Crippen molar-refractivity contribution in [3.8, 4) is 22.9 Å². The molecule has 28 heavy (non-hydrogen) atoms. The van der Waals surface area contributed by atoms with Crippen LogP contribution in [0.25, 0.3) is 22.4 Å². The van der Waals surface area contributed by atoms with Crippen molar-refractivity contribution in [3.63, 3.8) is 0 Å². The number of fused-ring (bicyclic) bond motifs is 1. The van der Waals surface area contributed by atoms with Gasteiger partial charge in [0.05, 0.1) is 29.8 Å². The van der Waals surface area contributed by atoms with Gasteiger partial charge in [-0.2, -0.15) is 0 Å². The maximum atomic E-state index is 6.16. The molecular weight excluding hydrogens is 372 g/mol. The van der Waals surface area contributed by atoms with Gasteiger partial charge in [0.2, 0.25) is 0 Å². The second kappa shape index (κ2) is 8.36. The predicted molar refractivity (Wildman–Crippen MR) is 113 cm³/mol. The van der Waals surface area contributed by atoms with Crippen molar-refractivity contribution in [2.75, 3.05) is 13.7 Å². The Hall–Kier alpha value is -2.98. The first-order valence-corrected chi connectivity index (χ1v) is 9.61. The van der Waals surface area contributed by atoms with Crippen LogP contribution in [0.1, 0.15) is 6.42 Å². The fourth-order valence-electron chi connectivity index (χ4n) is 3.23. The van der Waals surface area contributed by atoms with Gasteiger partial charge >= 0.3 is 0 Å². The van der Waals surface area contributed by atoms with Gasteiger partial charge in [0.15, 0.2) is 0 Å². The Balaban J connectivity index is 1.55. The maximum Gasteiger partial charge on any atom is 0.141 e. The molecule has 1 heterocycles. The van der Waals surface area contributed by atoms with Gasteiger partial charge < -0.3 is 14.0 Å². The molecule has 0 N–H and O–H groups in total. The molecule has 0 aliphatic rings. The lowest BCUT2D eigenvalue weighted by atomic mass is 10.2. The van der Waals surface area contributed by atoms with E-state index in [4.69, 9.17) is 26.1 Å². The number of rotatable bonds is 7. The van der Waals surface area contributed by atoms with E-state index in [9.17, 15) is 0 Å². The van der Waals surface area contributed by atoms with Crippen molar-refractivity contribution in [1.82, 2.24) is 9.55 Å². The van der Waals surface area contributed by atoms with E-state index in [1.165, 1.54) is 0 Å². The molecule has 4 aromatic rings. The van der Waals surface area contributed by atoms with Crippen LogP contribution in [0.2, 0.25) is 5.02 Å². The molecule has 0 radical (unpaired) electrons. The summed E-state index contributed by atoms with van der Waals surface area (Å²) in [5, 5.41) is 0.634. The van der Waals surface area contributed by atoms with Gasteiger partial charge in [0.1, 0.15) is 17.3 Å². The van der Waals surface area contributed by atoms with E-state index < -0.39 is 0 Å². The summed E-state index contributed by atoms with van der Waals surface area (Å²) >= 11 is 6.16. The second-order valence-corrected chi connectivity index (χ2v) is 6.84. The van der Waals surface area contributed by atoms with Crippen molar-refractivity contribution in [3.05, 3.63) is 77.8 Å². The van der Waals surface area contributed by atoms with Crippen LogP contribution < -0.4 is 9.47 Å². The molecule has 0 saturated carbocycles. The van der Waals surface area contributed by atoms with Crippen LogP contribution in [0.15, 0.2) is 72.8 Å². The van der Waals surface area contributed by atoms with Crippen molar-refractivity contribution in [2.45, 2.75) is 13.0 Å². The third-order valence-electron chi connectivity index (χ3n) is 4.62. The highest BCUT2D eigenvalue weighted by molar-refractivity contribution is 6.32. The van der Waals surface area contributed by atoms with Gasteiger partial charge in [0, 0.05) is 12.1 Å². The van der Waals surface area contributed by atoms with Crippen molar-refractivity contribution < 1.29 is 9.47 Å². The fraction of sp³-hybridized carbons (Fsp3) is 0.174. The minimum atomic E-state index is 0.582. The number of ether oxygens (including phenoxy) is 2. The number of imidazole rings is 1. The normalized spacial score (nSPS) is 10.9. The second-order valence-electron chi connectivity index (χ2n) is 6.44. The van der Waals surface area contributed by atoms with Crippen LogP contribution in [-0.2, 0) is 6.54 Å². The number of hydrogen-bond donors (Lipinski definition) is 0. The zero-order valence-electron chi connectivity index (χ0n) is 15.6. The molecule has 0 bridgehead atoms. The Labute approximate surface area is 169 Å². The monoisotopic (exact) mass is 392 g/mol. The molecule has 5 heteroatoms. The SMILES string of the molecule is COc1ccc(-c2nc3ccccc3n2CCCOc2ccccc2Cl)cc1. The zero-order chi connectivity index (χ0) is 19.3. The molecule has 1 aromatic heterocycles. The highest BCUT2D eigenvalue weighted by Crippen LogP contribution is 2.27. The van der Waals surface area contributed by atoms with E-state index >= 15 is 0 Å². The lowest BCUT2D eigenvalue weighted by Crippen LogP contribution is -2.06. The molecule has 0 amide bonds. The van der Waals surface area contributed by atoms with Crippen LogP contribution >= 0.6 is 11.6 Å². The quantitative estimate of drug-likeness (QED) is 0.371. The number of aromatic nitrogens is 2. The van der Waals surface area contributed by atoms with Gasteiger partial charge in [-0.25, -0.2) is 4.98 Å². The molecular formula is C23H21ClN2O2. The Morgan fingerprint density at radius 3 is 2.46 bits per heavy atom. The molecule has 142 valence electrons. The third-order valence-corrected chi connectivity index (χ3v) is 4.94. The zero-order valence-corrected chi connectivity index (χ0v) is 16.4. The Bertz CT molecular complexity index is 1070. The van der Waals surface area contributed by atoms with Crippen molar-refractivity contribution in [2.24, 2.45) is 0 Å². The first-order chi connectivity index (χ1) is 13.8. The average Bonchev–Trinajstić information content (AvgIpc) is 3.11. The predicted octanol–water partition coefficient (Wildman–Crippen LogP) is 5.83. The van der Waals surface area contributed by atoms with E-state index in [-0.39, 0.29) is 0 Å². The molecule has 0 saturated heterocycles. The summed E-state index contributed by atoms with van der Waals surface area (Å²) < 4.78 is 13.4. The van der Waals surface area contributed by atoms with Gasteiger partial charge in [-0.15, -0.1) is 0 Å². The van der Waals surface area contributed by atoms with E-state index in [0.717, 1.165) is 46.9 Å². The van der Waals surface area contributed by atoms with E-state index in [2.05, 4.69) is 10.6 Å². The topological polar surface area (TPSA) is 36.3 Å². The summed E-state index contributed by atoms with van der Waals surface area (Å²) in [4.78, 5) is 4.85. The van der Waals surface area contributed by atoms with E-state index in [1.54, 1.807) is 7.11 Å². The number of nitrogens with zero attached hydrogens (tertiary/aromatic N) is 2. The number of hydrogen-bond acceptors (Lipinski definition) is 3. The Kier molecular flexibility index (Phi) is 5.49. The molecule has 0 aliphatic heterocycles. The summed E-state index contributed by atoms with van der Waals surface area (Å²) in [5.74, 6) is 2.50.